The van der Waals surface area contributed by atoms with E-state index in [0.717, 1.165) is 24.2 Å². The second kappa shape index (κ2) is 8.34. The summed E-state index contributed by atoms with van der Waals surface area (Å²) in [6.45, 7) is 4.02. The zero-order chi connectivity index (χ0) is 20.5. The number of anilines is 2. The van der Waals surface area contributed by atoms with E-state index in [2.05, 4.69) is 40.9 Å². The van der Waals surface area contributed by atoms with Crippen LogP contribution in [0.4, 0.5) is 15.2 Å². The Balaban J connectivity index is 1.85. The SMILES string of the molecule is Cc1cc(S(=O)(=O)Nc2nccs2)c(F)cc1N[C@H]1C[C@@H](C)CCC1N(C)C. The van der Waals surface area contributed by atoms with Crippen LogP contribution in [-0.2, 0) is 10.0 Å². The van der Waals surface area contributed by atoms with Crippen LogP contribution < -0.4 is 10.0 Å². The van der Waals surface area contributed by atoms with E-state index in [0.29, 0.717) is 23.2 Å². The van der Waals surface area contributed by atoms with Gasteiger partial charge in [0, 0.05) is 29.3 Å². The molecule has 2 N–H and O–H groups in total. The summed E-state index contributed by atoms with van der Waals surface area (Å²) in [4.78, 5) is 5.73. The molecule has 0 spiro atoms. The van der Waals surface area contributed by atoms with Crippen LogP contribution in [0.1, 0.15) is 31.7 Å². The summed E-state index contributed by atoms with van der Waals surface area (Å²) in [5, 5.41) is 5.33. The molecule has 3 atom stereocenters. The van der Waals surface area contributed by atoms with E-state index >= 15 is 0 Å². The highest BCUT2D eigenvalue weighted by Crippen LogP contribution is 2.31. The van der Waals surface area contributed by atoms with Crippen molar-refractivity contribution in [1.82, 2.24) is 9.88 Å². The van der Waals surface area contributed by atoms with E-state index in [-0.39, 0.29) is 16.1 Å². The van der Waals surface area contributed by atoms with Crippen LogP contribution >= 0.6 is 11.3 Å². The van der Waals surface area contributed by atoms with Gasteiger partial charge >= 0.3 is 0 Å². The third kappa shape index (κ3) is 4.64. The molecule has 1 unspecified atom stereocenters. The lowest BCUT2D eigenvalue weighted by molar-refractivity contribution is 0.183. The van der Waals surface area contributed by atoms with E-state index in [1.807, 2.05) is 0 Å². The fourth-order valence-corrected chi connectivity index (χ4v) is 5.73. The fourth-order valence-electron chi connectivity index (χ4n) is 3.80. The third-order valence-corrected chi connectivity index (χ3v) is 7.47. The smallest absolute Gasteiger partial charge is 0.266 e. The summed E-state index contributed by atoms with van der Waals surface area (Å²) in [6, 6.07) is 3.21. The van der Waals surface area contributed by atoms with Crippen LogP contribution in [0.15, 0.2) is 28.6 Å². The number of aryl methyl sites for hydroxylation is 1. The molecule has 2 aromatic rings. The molecule has 1 saturated carbocycles. The van der Waals surface area contributed by atoms with Gasteiger partial charge in [-0.15, -0.1) is 11.3 Å². The van der Waals surface area contributed by atoms with Gasteiger partial charge < -0.3 is 10.2 Å². The molecule has 1 fully saturated rings. The molecular weight excluding hydrogens is 399 g/mol. The van der Waals surface area contributed by atoms with Gasteiger partial charge in [0.15, 0.2) is 5.13 Å². The number of sulfonamides is 1. The molecule has 1 aliphatic carbocycles. The molecule has 9 heteroatoms. The normalized spacial score (nSPS) is 23.0. The molecule has 1 aromatic carbocycles. The molecule has 0 radical (unpaired) electrons. The number of nitrogens with zero attached hydrogens (tertiary/aromatic N) is 2. The summed E-state index contributed by atoms with van der Waals surface area (Å²) in [7, 11) is 0.0842. The van der Waals surface area contributed by atoms with Crippen molar-refractivity contribution in [2.24, 2.45) is 5.92 Å². The summed E-state index contributed by atoms with van der Waals surface area (Å²) >= 11 is 1.14. The van der Waals surface area contributed by atoms with Crippen molar-refractivity contribution in [2.45, 2.75) is 50.1 Å². The van der Waals surface area contributed by atoms with Gasteiger partial charge in [0.25, 0.3) is 10.0 Å². The van der Waals surface area contributed by atoms with Gasteiger partial charge in [0.1, 0.15) is 10.7 Å². The summed E-state index contributed by atoms with van der Waals surface area (Å²) < 4.78 is 42.2. The molecular formula is C19H27FN4O2S2. The van der Waals surface area contributed by atoms with E-state index in [4.69, 9.17) is 0 Å². The molecule has 154 valence electrons. The Bertz CT molecular complexity index is 916. The number of nitrogens with one attached hydrogen (secondary N) is 2. The lowest BCUT2D eigenvalue weighted by Crippen LogP contribution is -2.47. The largest absolute Gasteiger partial charge is 0.380 e. The maximum absolute atomic E-state index is 14.8. The monoisotopic (exact) mass is 426 g/mol. The Morgan fingerprint density at radius 2 is 2.04 bits per heavy atom. The first kappa shape index (κ1) is 21.0. The molecule has 0 amide bonds. The first-order valence-corrected chi connectivity index (χ1v) is 11.7. The number of thiazole rings is 1. The molecule has 3 rings (SSSR count). The zero-order valence-corrected chi connectivity index (χ0v) is 18.2. The van der Waals surface area contributed by atoms with Crippen LogP contribution in [0.2, 0.25) is 0 Å². The van der Waals surface area contributed by atoms with E-state index in [1.54, 1.807) is 12.3 Å². The number of likely N-dealkylation sites (N-methyl/N-ethyl adjacent to an activating group) is 1. The van der Waals surface area contributed by atoms with Crippen molar-refractivity contribution < 1.29 is 12.8 Å². The lowest BCUT2D eigenvalue weighted by atomic mass is 9.82. The minimum absolute atomic E-state index is 0.188. The Hall–Kier alpha value is -1.71. The highest BCUT2D eigenvalue weighted by Gasteiger charge is 2.31. The summed E-state index contributed by atoms with van der Waals surface area (Å²) in [5.41, 5.74) is 1.33. The first-order valence-electron chi connectivity index (χ1n) is 9.33. The predicted octanol–water partition coefficient (Wildman–Crippen LogP) is 3.92. The minimum Gasteiger partial charge on any atom is -0.380 e. The number of aromatic nitrogens is 1. The van der Waals surface area contributed by atoms with Crippen molar-refractivity contribution in [3.05, 3.63) is 35.1 Å². The Morgan fingerprint density at radius 1 is 1.29 bits per heavy atom. The van der Waals surface area contributed by atoms with Crippen molar-refractivity contribution in [3.8, 4) is 0 Å². The Morgan fingerprint density at radius 3 is 2.68 bits per heavy atom. The average molecular weight is 427 g/mol. The van der Waals surface area contributed by atoms with Crippen molar-refractivity contribution >= 4 is 32.2 Å². The van der Waals surface area contributed by atoms with Crippen LogP contribution in [0.3, 0.4) is 0 Å². The van der Waals surface area contributed by atoms with Gasteiger partial charge in [0.05, 0.1) is 0 Å². The summed E-state index contributed by atoms with van der Waals surface area (Å²) in [6.07, 6.45) is 4.74. The van der Waals surface area contributed by atoms with Gasteiger partial charge in [-0.25, -0.2) is 17.8 Å². The van der Waals surface area contributed by atoms with E-state index < -0.39 is 15.8 Å². The predicted molar refractivity (Wildman–Crippen MR) is 112 cm³/mol. The fraction of sp³-hybridized carbons (Fsp3) is 0.526. The van der Waals surface area contributed by atoms with Crippen molar-refractivity contribution in [1.29, 1.82) is 0 Å². The number of benzene rings is 1. The number of rotatable bonds is 6. The summed E-state index contributed by atoms with van der Waals surface area (Å²) in [5.74, 6) is -0.177. The second-order valence-corrected chi connectivity index (χ2v) is 10.3. The molecule has 1 aliphatic rings. The first-order chi connectivity index (χ1) is 13.2. The highest BCUT2D eigenvalue weighted by atomic mass is 32.2. The Kier molecular flexibility index (Phi) is 6.26. The van der Waals surface area contributed by atoms with Crippen molar-refractivity contribution in [2.75, 3.05) is 24.1 Å². The maximum Gasteiger partial charge on any atom is 0.266 e. The third-order valence-electron chi connectivity index (χ3n) is 5.30. The van der Waals surface area contributed by atoms with Crippen LogP contribution in [0.5, 0.6) is 0 Å². The topological polar surface area (TPSA) is 74.3 Å². The molecule has 1 aromatic heterocycles. The van der Waals surface area contributed by atoms with Crippen LogP contribution in [-0.4, -0.2) is 44.5 Å². The quantitative estimate of drug-likeness (QED) is 0.732. The molecule has 6 nitrogen and oxygen atoms in total. The van der Waals surface area contributed by atoms with Gasteiger partial charge in [-0.3, -0.25) is 4.72 Å². The average Bonchev–Trinajstić information content (AvgIpc) is 3.09. The van der Waals surface area contributed by atoms with Crippen LogP contribution in [0.25, 0.3) is 0 Å². The molecule has 0 aliphatic heterocycles. The number of hydrogen-bond acceptors (Lipinski definition) is 6. The zero-order valence-electron chi connectivity index (χ0n) is 16.6. The standard InChI is InChI=1S/C19H27FN4O2S2/c1-12-5-6-17(24(3)4)16(9-12)22-15-11-14(20)18(10-13(15)2)28(25,26)23-19-21-7-8-27-19/h7-8,10-12,16-17,22H,5-6,9H2,1-4H3,(H,21,23)/t12-,16-,17?/m0/s1. The maximum atomic E-state index is 14.8. The molecule has 0 bridgehead atoms. The highest BCUT2D eigenvalue weighted by molar-refractivity contribution is 7.93. The Labute approximate surface area is 170 Å². The van der Waals surface area contributed by atoms with Gasteiger partial charge in [-0.1, -0.05) is 6.92 Å². The van der Waals surface area contributed by atoms with E-state index in [1.165, 1.54) is 24.8 Å². The second-order valence-electron chi connectivity index (χ2n) is 7.74. The van der Waals surface area contributed by atoms with Crippen LogP contribution in [0, 0.1) is 18.7 Å². The molecule has 28 heavy (non-hydrogen) atoms. The van der Waals surface area contributed by atoms with Crippen molar-refractivity contribution in [3.63, 3.8) is 0 Å². The van der Waals surface area contributed by atoms with E-state index in [9.17, 15) is 12.8 Å². The molecule has 0 saturated heterocycles. The minimum atomic E-state index is -4.03. The van der Waals surface area contributed by atoms with Gasteiger partial charge in [-0.2, -0.15) is 0 Å². The molecule has 1 heterocycles. The van der Waals surface area contributed by atoms with Gasteiger partial charge in [0.2, 0.25) is 0 Å². The van der Waals surface area contributed by atoms with Gasteiger partial charge in [-0.05, 0) is 63.9 Å². The lowest BCUT2D eigenvalue weighted by Gasteiger charge is -2.40. The number of hydrogen-bond donors (Lipinski definition) is 2. The number of halogens is 1.